The lowest BCUT2D eigenvalue weighted by molar-refractivity contribution is -0.109. The molecule has 0 aliphatic rings. The molecule has 0 amide bonds. The predicted molar refractivity (Wildman–Crippen MR) is 57.9 cm³/mol. The molecule has 0 heterocycles. The maximum Gasteiger partial charge on any atom is 0.229 e. The zero-order chi connectivity index (χ0) is 11.5. The largest absolute Gasteiger partial charge is 0.318 e. The summed E-state index contributed by atoms with van der Waals surface area (Å²) in [6.07, 6.45) is 1.65. The molecule has 0 aliphatic heterocycles. The Hall–Kier alpha value is -1.40. The Balaban J connectivity index is 2.98. The second kappa shape index (κ2) is 4.41. The van der Waals surface area contributed by atoms with Crippen molar-refractivity contribution < 1.29 is 13.2 Å². The molecular formula is C9H12N2O3S. The Morgan fingerprint density at radius 1 is 1.47 bits per heavy atom. The first kappa shape index (κ1) is 11.7. The van der Waals surface area contributed by atoms with Gasteiger partial charge in [-0.15, -0.1) is 0 Å². The molecule has 0 radical (unpaired) electrons. The molecule has 1 aromatic rings. The van der Waals surface area contributed by atoms with Crippen LogP contribution in [0.2, 0.25) is 0 Å². The van der Waals surface area contributed by atoms with Crippen molar-refractivity contribution in [2.75, 3.05) is 11.0 Å². The third kappa shape index (κ3) is 3.69. The van der Waals surface area contributed by atoms with E-state index in [1.165, 1.54) is 6.07 Å². The molecular weight excluding hydrogens is 216 g/mol. The van der Waals surface area contributed by atoms with E-state index >= 15 is 0 Å². The lowest BCUT2D eigenvalue weighted by Gasteiger charge is -2.08. The van der Waals surface area contributed by atoms with Crippen molar-refractivity contribution >= 4 is 22.0 Å². The number of anilines is 1. The van der Waals surface area contributed by atoms with Crippen LogP contribution in [0, 0.1) is 0 Å². The fourth-order valence-electron chi connectivity index (χ4n) is 1.10. The fraction of sp³-hybridized carbons (Fsp3) is 0.222. The Morgan fingerprint density at radius 2 is 2.13 bits per heavy atom. The van der Waals surface area contributed by atoms with Gasteiger partial charge < -0.3 is 10.5 Å². The highest BCUT2D eigenvalue weighted by Gasteiger charge is 2.06. The molecule has 1 rings (SSSR count). The van der Waals surface area contributed by atoms with Gasteiger partial charge in [-0.3, -0.25) is 4.72 Å². The van der Waals surface area contributed by atoms with Crippen LogP contribution in [-0.2, 0) is 14.8 Å². The van der Waals surface area contributed by atoms with Crippen LogP contribution in [-0.4, -0.2) is 21.0 Å². The van der Waals surface area contributed by atoms with Crippen LogP contribution < -0.4 is 10.5 Å². The van der Waals surface area contributed by atoms with Gasteiger partial charge in [0.2, 0.25) is 10.0 Å². The molecule has 0 saturated carbocycles. The molecule has 15 heavy (non-hydrogen) atoms. The molecule has 5 nitrogen and oxygen atoms in total. The van der Waals surface area contributed by atoms with Crippen molar-refractivity contribution in [3.8, 4) is 0 Å². The second-order valence-electron chi connectivity index (χ2n) is 3.16. The van der Waals surface area contributed by atoms with Gasteiger partial charge in [0.1, 0.15) is 6.29 Å². The van der Waals surface area contributed by atoms with E-state index in [9.17, 15) is 13.2 Å². The minimum absolute atomic E-state index is 0.396. The molecule has 0 saturated heterocycles. The number of hydrogen-bond donors (Lipinski definition) is 2. The average Bonchev–Trinajstić information content (AvgIpc) is 2.14. The lowest BCUT2D eigenvalue weighted by Crippen LogP contribution is -2.13. The van der Waals surface area contributed by atoms with Crippen LogP contribution in [0.1, 0.15) is 11.6 Å². The molecule has 0 unspecified atom stereocenters. The van der Waals surface area contributed by atoms with Crippen LogP contribution in [0.5, 0.6) is 0 Å². The molecule has 0 fully saturated rings. The number of hydrogen-bond acceptors (Lipinski definition) is 4. The van der Waals surface area contributed by atoms with Crippen LogP contribution in [0.15, 0.2) is 24.3 Å². The van der Waals surface area contributed by atoms with Crippen LogP contribution in [0.3, 0.4) is 0 Å². The van der Waals surface area contributed by atoms with Crippen LogP contribution in [0.25, 0.3) is 0 Å². The summed E-state index contributed by atoms with van der Waals surface area (Å²) in [6.45, 7) is 0. The Bertz CT molecular complexity index is 456. The van der Waals surface area contributed by atoms with Gasteiger partial charge in [0.25, 0.3) is 0 Å². The Kier molecular flexibility index (Phi) is 3.43. The summed E-state index contributed by atoms with van der Waals surface area (Å²) in [5.74, 6) is 0. The topological polar surface area (TPSA) is 89.3 Å². The second-order valence-corrected chi connectivity index (χ2v) is 4.91. The SMILES string of the molecule is CS(=O)(=O)Nc1cccc([C@@H](N)C=O)c1. The minimum atomic E-state index is -3.31. The molecule has 1 atom stereocenters. The number of carbonyl (C=O) groups excluding carboxylic acids is 1. The summed E-state index contributed by atoms with van der Waals surface area (Å²) < 4.78 is 24.2. The molecule has 0 aromatic heterocycles. The van der Waals surface area contributed by atoms with E-state index in [-0.39, 0.29) is 0 Å². The maximum atomic E-state index is 10.9. The number of nitrogens with two attached hydrogens (primary N) is 1. The van der Waals surface area contributed by atoms with Crippen molar-refractivity contribution in [1.29, 1.82) is 0 Å². The quantitative estimate of drug-likeness (QED) is 0.723. The first-order valence-corrected chi connectivity index (χ1v) is 6.10. The van der Waals surface area contributed by atoms with Gasteiger partial charge in [-0.1, -0.05) is 12.1 Å². The zero-order valence-corrected chi connectivity index (χ0v) is 8.99. The normalized spacial score (nSPS) is 13.2. The summed E-state index contributed by atoms with van der Waals surface area (Å²) >= 11 is 0. The van der Waals surface area contributed by atoms with Crippen LogP contribution >= 0.6 is 0 Å². The average molecular weight is 228 g/mol. The van der Waals surface area contributed by atoms with Crippen LogP contribution in [0.4, 0.5) is 5.69 Å². The van der Waals surface area contributed by atoms with E-state index in [1.54, 1.807) is 18.2 Å². The van der Waals surface area contributed by atoms with Crippen molar-refractivity contribution in [2.24, 2.45) is 5.73 Å². The van der Waals surface area contributed by atoms with E-state index in [2.05, 4.69) is 4.72 Å². The highest BCUT2D eigenvalue weighted by atomic mass is 32.2. The number of carbonyl (C=O) groups is 1. The van der Waals surface area contributed by atoms with E-state index in [1.807, 2.05) is 0 Å². The molecule has 0 spiro atoms. The molecule has 82 valence electrons. The third-order valence-corrected chi connectivity index (χ3v) is 2.33. The van der Waals surface area contributed by atoms with E-state index in [4.69, 9.17) is 5.73 Å². The highest BCUT2D eigenvalue weighted by Crippen LogP contribution is 2.15. The van der Waals surface area contributed by atoms with Gasteiger partial charge in [0.15, 0.2) is 0 Å². The van der Waals surface area contributed by atoms with Crippen molar-refractivity contribution in [3.05, 3.63) is 29.8 Å². The van der Waals surface area contributed by atoms with Gasteiger partial charge in [-0.25, -0.2) is 8.42 Å². The van der Waals surface area contributed by atoms with E-state index in [0.29, 0.717) is 17.5 Å². The number of aldehydes is 1. The summed E-state index contributed by atoms with van der Waals surface area (Å²) in [6, 6.07) is 5.67. The van der Waals surface area contributed by atoms with Crippen molar-refractivity contribution in [3.63, 3.8) is 0 Å². The zero-order valence-electron chi connectivity index (χ0n) is 8.17. The Morgan fingerprint density at radius 3 is 2.67 bits per heavy atom. The summed E-state index contributed by atoms with van der Waals surface area (Å²) in [7, 11) is -3.31. The van der Waals surface area contributed by atoms with Gasteiger partial charge in [-0.2, -0.15) is 0 Å². The first-order valence-electron chi connectivity index (χ1n) is 4.21. The summed E-state index contributed by atoms with van der Waals surface area (Å²) in [4.78, 5) is 10.4. The Labute approximate surface area is 88.3 Å². The van der Waals surface area contributed by atoms with Crippen molar-refractivity contribution in [1.82, 2.24) is 0 Å². The minimum Gasteiger partial charge on any atom is -0.318 e. The molecule has 3 N–H and O–H groups in total. The van der Waals surface area contributed by atoms with Gasteiger partial charge >= 0.3 is 0 Å². The monoisotopic (exact) mass is 228 g/mol. The van der Waals surface area contributed by atoms with Gasteiger partial charge in [-0.05, 0) is 17.7 Å². The third-order valence-electron chi connectivity index (χ3n) is 1.72. The van der Waals surface area contributed by atoms with Gasteiger partial charge in [0, 0.05) is 5.69 Å². The first-order chi connectivity index (χ1) is 6.92. The summed E-state index contributed by atoms with van der Waals surface area (Å²) in [5.41, 5.74) is 6.45. The lowest BCUT2D eigenvalue weighted by atomic mass is 10.1. The molecule has 1 aromatic carbocycles. The smallest absolute Gasteiger partial charge is 0.229 e. The highest BCUT2D eigenvalue weighted by molar-refractivity contribution is 7.92. The fourth-order valence-corrected chi connectivity index (χ4v) is 1.66. The maximum absolute atomic E-state index is 10.9. The number of sulfonamides is 1. The van der Waals surface area contributed by atoms with Gasteiger partial charge in [0.05, 0.1) is 12.3 Å². The summed E-state index contributed by atoms with van der Waals surface area (Å²) in [5, 5.41) is 0. The molecule has 6 heteroatoms. The standard InChI is InChI=1S/C9H12N2O3S/c1-15(13,14)11-8-4-2-3-7(5-8)9(10)6-12/h2-6,9,11H,10H2,1H3/t9-/m0/s1. The predicted octanol–water partition coefficient (Wildman–Crippen LogP) is 0.257. The number of benzene rings is 1. The molecule has 0 aliphatic carbocycles. The molecule has 0 bridgehead atoms. The van der Waals surface area contributed by atoms with Crippen molar-refractivity contribution in [2.45, 2.75) is 6.04 Å². The van der Waals surface area contributed by atoms with E-state index < -0.39 is 16.1 Å². The number of rotatable bonds is 4. The number of nitrogens with one attached hydrogen (secondary N) is 1. The van der Waals surface area contributed by atoms with E-state index in [0.717, 1.165) is 6.26 Å².